The molecule has 0 aromatic carbocycles. The molecule has 0 bridgehead atoms. The molecule has 1 aliphatic carbocycles. The van der Waals surface area contributed by atoms with Crippen LogP contribution in [0.15, 0.2) is 0 Å². The molecule has 0 spiro atoms. The first-order chi connectivity index (χ1) is 7.99. The van der Waals surface area contributed by atoms with Gasteiger partial charge in [0.2, 0.25) is 5.91 Å². The average Bonchev–Trinajstić information content (AvgIpc) is 2.95. The van der Waals surface area contributed by atoms with Crippen LogP contribution in [0.2, 0.25) is 0 Å². The number of hydrogen-bond acceptors (Lipinski definition) is 2. The summed E-state index contributed by atoms with van der Waals surface area (Å²) in [7, 11) is 0. The Bertz CT molecular complexity index is 323. The van der Waals surface area contributed by atoms with Gasteiger partial charge in [0.1, 0.15) is 0 Å². The standard InChI is InChI=1S/C13H21NO3/c1-8(2)7-14-11(15)5-10(6-12(16)17)13(14)9-3-4-9/h8-10,13H,3-7H2,1-2H3,(H,16,17)/t10-,13-/m1/s1. The maximum absolute atomic E-state index is 12.0. The fourth-order valence-electron chi connectivity index (χ4n) is 2.99. The molecule has 0 aromatic heterocycles. The number of carbonyl (C=O) groups excluding carboxylic acids is 1. The van der Waals surface area contributed by atoms with E-state index in [0.29, 0.717) is 18.3 Å². The number of carboxylic acids is 1. The Morgan fingerprint density at radius 3 is 2.59 bits per heavy atom. The normalized spacial score (nSPS) is 29.1. The van der Waals surface area contributed by atoms with Crippen molar-refractivity contribution in [2.75, 3.05) is 6.54 Å². The van der Waals surface area contributed by atoms with Crippen LogP contribution in [-0.4, -0.2) is 34.5 Å². The lowest BCUT2D eigenvalue weighted by molar-refractivity contribution is -0.138. The van der Waals surface area contributed by atoms with Crippen molar-refractivity contribution in [2.45, 2.75) is 45.6 Å². The lowest BCUT2D eigenvalue weighted by atomic mass is 9.93. The van der Waals surface area contributed by atoms with Gasteiger partial charge in [0.15, 0.2) is 0 Å². The van der Waals surface area contributed by atoms with E-state index in [-0.39, 0.29) is 24.3 Å². The first-order valence-electron chi connectivity index (χ1n) is 6.50. The summed E-state index contributed by atoms with van der Waals surface area (Å²) in [6.07, 6.45) is 2.88. The molecule has 96 valence electrons. The number of likely N-dealkylation sites (tertiary alicyclic amines) is 1. The molecule has 1 N–H and O–H groups in total. The van der Waals surface area contributed by atoms with Gasteiger partial charge in [-0.2, -0.15) is 0 Å². The number of nitrogens with zero attached hydrogens (tertiary/aromatic N) is 1. The van der Waals surface area contributed by atoms with E-state index in [9.17, 15) is 9.59 Å². The Hall–Kier alpha value is -1.06. The summed E-state index contributed by atoms with van der Waals surface area (Å²) in [4.78, 5) is 24.8. The van der Waals surface area contributed by atoms with E-state index in [4.69, 9.17) is 5.11 Å². The first kappa shape index (κ1) is 12.4. The molecule has 2 atom stereocenters. The quantitative estimate of drug-likeness (QED) is 0.795. The Labute approximate surface area is 102 Å². The lowest BCUT2D eigenvalue weighted by Gasteiger charge is -2.29. The van der Waals surface area contributed by atoms with Crippen molar-refractivity contribution in [3.8, 4) is 0 Å². The largest absolute Gasteiger partial charge is 0.481 e. The van der Waals surface area contributed by atoms with Gasteiger partial charge in [-0.25, -0.2) is 0 Å². The zero-order valence-electron chi connectivity index (χ0n) is 10.6. The van der Waals surface area contributed by atoms with Crippen molar-refractivity contribution in [2.24, 2.45) is 17.8 Å². The van der Waals surface area contributed by atoms with Crippen LogP contribution in [0.4, 0.5) is 0 Å². The highest BCUT2D eigenvalue weighted by atomic mass is 16.4. The minimum Gasteiger partial charge on any atom is -0.481 e. The van der Waals surface area contributed by atoms with Crippen LogP contribution < -0.4 is 0 Å². The average molecular weight is 239 g/mol. The molecule has 2 fully saturated rings. The molecule has 1 amide bonds. The Kier molecular flexibility index (Phi) is 3.40. The highest BCUT2D eigenvalue weighted by molar-refractivity contribution is 5.80. The predicted octanol–water partition coefficient (Wildman–Crippen LogP) is 1.74. The summed E-state index contributed by atoms with van der Waals surface area (Å²) in [5.74, 6) is 0.418. The lowest BCUT2D eigenvalue weighted by Crippen LogP contribution is -2.39. The highest BCUT2D eigenvalue weighted by Gasteiger charge is 2.48. The number of carboxylic acid groups (broad SMARTS) is 1. The van der Waals surface area contributed by atoms with Crippen molar-refractivity contribution in [1.82, 2.24) is 4.90 Å². The molecule has 4 nitrogen and oxygen atoms in total. The first-order valence-corrected chi connectivity index (χ1v) is 6.50. The summed E-state index contributed by atoms with van der Waals surface area (Å²) in [5, 5.41) is 8.92. The SMILES string of the molecule is CC(C)CN1C(=O)C[C@H](CC(=O)O)[C@H]1C1CC1. The third kappa shape index (κ3) is 2.79. The van der Waals surface area contributed by atoms with Gasteiger partial charge in [-0.3, -0.25) is 9.59 Å². The summed E-state index contributed by atoms with van der Waals surface area (Å²) in [6.45, 7) is 4.97. The van der Waals surface area contributed by atoms with E-state index in [0.717, 1.165) is 19.4 Å². The molecule has 17 heavy (non-hydrogen) atoms. The minimum absolute atomic E-state index is 0.0336. The maximum Gasteiger partial charge on any atom is 0.303 e. The molecule has 0 aromatic rings. The van der Waals surface area contributed by atoms with Gasteiger partial charge in [-0.1, -0.05) is 13.8 Å². The van der Waals surface area contributed by atoms with Crippen molar-refractivity contribution in [3.05, 3.63) is 0 Å². The molecule has 0 unspecified atom stereocenters. The number of amides is 1. The molecular formula is C13H21NO3. The van der Waals surface area contributed by atoms with Gasteiger partial charge in [0.25, 0.3) is 0 Å². The summed E-state index contributed by atoms with van der Waals surface area (Å²) >= 11 is 0. The van der Waals surface area contributed by atoms with E-state index >= 15 is 0 Å². The van der Waals surface area contributed by atoms with Gasteiger partial charge >= 0.3 is 5.97 Å². The maximum atomic E-state index is 12.0. The van der Waals surface area contributed by atoms with E-state index in [1.807, 2.05) is 4.90 Å². The van der Waals surface area contributed by atoms with Crippen LogP contribution in [-0.2, 0) is 9.59 Å². The van der Waals surface area contributed by atoms with Gasteiger partial charge in [0.05, 0.1) is 6.42 Å². The zero-order valence-corrected chi connectivity index (χ0v) is 10.6. The van der Waals surface area contributed by atoms with Crippen LogP contribution in [0.3, 0.4) is 0 Å². The van der Waals surface area contributed by atoms with Crippen LogP contribution >= 0.6 is 0 Å². The van der Waals surface area contributed by atoms with Gasteiger partial charge in [0, 0.05) is 19.0 Å². The van der Waals surface area contributed by atoms with Gasteiger partial charge in [-0.05, 0) is 30.6 Å². The van der Waals surface area contributed by atoms with Crippen LogP contribution in [0.5, 0.6) is 0 Å². The topological polar surface area (TPSA) is 57.6 Å². The summed E-state index contributed by atoms with van der Waals surface area (Å²) in [6, 6.07) is 0.195. The van der Waals surface area contributed by atoms with Crippen molar-refractivity contribution < 1.29 is 14.7 Å². The fourth-order valence-corrected chi connectivity index (χ4v) is 2.99. The molecule has 2 rings (SSSR count). The highest BCUT2D eigenvalue weighted by Crippen LogP contribution is 2.44. The third-order valence-electron chi connectivity index (χ3n) is 3.70. The minimum atomic E-state index is -0.778. The van der Waals surface area contributed by atoms with E-state index in [2.05, 4.69) is 13.8 Å². The molecule has 4 heteroatoms. The number of aliphatic carboxylic acids is 1. The van der Waals surface area contributed by atoms with E-state index < -0.39 is 5.97 Å². The molecule has 1 heterocycles. The summed E-state index contributed by atoms with van der Waals surface area (Å²) < 4.78 is 0. The zero-order chi connectivity index (χ0) is 12.6. The number of hydrogen-bond donors (Lipinski definition) is 1. The molecule has 0 radical (unpaired) electrons. The van der Waals surface area contributed by atoms with Crippen molar-refractivity contribution >= 4 is 11.9 Å². The molecule has 2 aliphatic rings. The molecule has 1 saturated carbocycles. The van der Waals surface area contributed by atoms with Gasteiger partial charge in [-0.15, -0.1) is 0 Å². The smallest absolute Gasteiger partial charge is 0.303 e. The van der Waals surface area contributed by atoms with E-state index in [1.165, 1.54) is 0 Å². The number of carbonyl (C=O) groups is 2. The Morgan fingerprint density at radius 2 is 2.12 bits per heavy atom. The van der Waals surface area contributed by atoms with Crippen molar-refractivity contribution in [3.63, 3.8) is 0 Å². The fraction of sp³-hybridized carbons (Fsp3) is 0.846. The second kappa shape index (κ2) is 4.67. The Balaban J connectivity index is 2.09. The second-order valence-electron chi connectivity index (χ2n) is 5.83. The molecular weight excluding hydrogens is 218 g/mol. The van der Waals surface area contributed by atoms with Gasteiger partial charge < -0.3 is 10.0 Å². The van der Waals surface area contributed by atoms with Crippen LogP contribution in [0, 0.1) is 17.8 Å². The van der Waals surface area contributed by atoms with Crippen LogP contribution in [0.25, 0.3) is 0 Å². The third-order valence-corrected chi connectivity index (χ3v) is 3.70. The monoisotopic (exact) mass is 239 g/mol. The summed E-state index contributed by atoms with van der Waals surface area (Å²) in [5.41, 5.74) is 0. The van der Waals surface area contributed by atoms with Crippen molar-refractivity contribution in [1.29, 1.82) is 0 Å². The number of rotatable bonds is 5. The second-order valence-corrected chi connectivity index (χ2v) is 5.83. The predicted molar refractivity (Wildman–Crippen MR) is 63.4 cm³/mol. The van der Waals surface area contributed by atoms with E-state index in [1.54, 1.807) is 0 Å². The Morgan fingerprint density at radius 1 is 1.47 bits per heavy atom. The van der Waals surface area contributed by atoms with Crippen LogP contribution in [0.1, 0.15) is 39.5 Å². The molecule has 1 aliphatic heterocycles. The molecule has 1 saturated heterocycles.